The van der Waals surface area contributed by atoms with E-state index in [0.717, 1.165) is 6.07 Å². The highest BCUT2D eigenvalue weighted by Gasteiger charge is 2.36. The Hall–Kier alpha value is -3.23. The number of carbonyl (C=O) groups excluding carboxylic acids is 2. The van der Waals surface area contributed by atoms with Gasteiger partial charge in [0.2, 0.25) is 0 Å². The molecule has 1 heterocycles. The summed E-state index contributed by atoms with van der Waals surface area (Å²) in [4.78, 5) is 28.3. The SMILES string of the molecule is COc1ccc(C(=O)N2CCN(C(=O)c3ccccc3C(F)(F)F)CC2)cc1OC. The first kappa shape index (κ1) is 21.5. The molecule has 0 aliphatic carbocycles. The maximum Gasteiger partial charge on any atom is 0.417 e. The predicted octanol–water partition coefficient (Wildman–Crippen LogP) is 3.32. The molecule has 0 aromatic heterocycles. The zero-order valence-electron chi connectivity index (χ0n) is 16.5. The lowest BCUT2D eigenvalue weighted by Crippen LogP contribution is -2.50. The molecule has 3 rings (SSSR count). The average molecular weight is 422 g/mol. The maximum absolute atomic E-state index is 13.2. The van der Waals surface area contributed by atoms with E-state index in [9.17, 15) is 22.8 Å². The van der Waals surface area contributed by atoms with Gasteiger partial charge in [0.05, 0.1) is 25.3 Å². The summed E-state index contributed by atoms with van der Waals surface area (Å²) in [5, 5.41) is 0. The topological polar surface area (TPSA) is 59.1 Å². The van der Waals surface area contributed by atoms with Crippen molar-refractivity contribution in [3.05, 3.63) is 59.2 Å². The summed E-state index contributed by atoms with van der Waals surface area (Å²) in [6.45, 7) is 0.717. The smallest absolute Gasteiger partial charge is 0.417 e. The number of benzene rings is 2. The quantitative estimate of drug-likeness (QED) is 0.759. The van der Waals surface area contributed by atoms with Crippen LogP contribution in [0.25, 0.3) is 0 Å². The second-order valence-electron chi connectivity index (χ2n) is 6.70. The molecule has 1 aliphatic heterocycles. The molecule has 0 spiro atoms. The number of nitrogens with zero attached hydrogens (tertiary/aromatic N) is 2. The van der Waals surface area contributed by atoms with E-state index in [2.05, 4.69) is 0 Å². The van der Waals surface area contributed by atoms with Gasteiger partial charge in [-0.2, -0.15) is 13.2 Å². The number of piperazine rings is 1. The summed E-state index contributed by atoms with van der Waals surface area (Å²) >= 11 is 0. The fourth-order valence-corrected chi connectivity index (χ4v) is 3.35. The molecule has 6 nitrogen and oxygen atoms in total. The molecule has 160 valence electrons. The number of halogens is 3. The Morgan fingerprint density at radius 1 is 0.833 bits per heavy atom. The van der Waals surface area contributed by atoms with Crippen LogP contribution in [-0.4, -0.2) is 62.0 Å². The summed E-state index contributed by atoms with van der Waals surface area (Å²) < 4.78 is 50.0. The van der Waals surface area contributed by atoms with Crippen molar-refractivity contribution in [2.24, 2.45) is 0 Å². The standard InChI is InChI=1S/C21H21F3N2O4/c1-29-17-8-7-14(13-18(17)30-2)19(27)25-9-11-26(12-10-25)20(28)15-5-3-4-6-16(15)21(22,23)24/h3-8,13H,9-12H2,1-2H3. The van der Waals surface area contributed by atoms with Gasteiger partial charge in [0.1, 0.15) is 0 Å². The molecule has 2 aromatic carbocycles. The Morgan fingerprint density at radius 3 is 1.97 bits per heavy atom. The summed E-state index contributed by atoms with van der Waals surface area (Å²) in [6.07, 6.45) is -4.61. The van der Waals surface area contributed by atoms with Gasteiger partial charge in [0.25, 0.3) is 11.8 Å². The molecular weight excluding hydrogens is 401 g/mol. The molecule has 0 unspecified atom stereocenters. The molecule has 30 heavy (non-hydrogen) atoms. The van der Waals surface area contributed by atoms with Gasteiger partial charge in [-0.15, -0.1) is 0 Å². The average Bonchev–Trinajstić information content (AvgIpc) is 2.77. The van der Waals surface area contributed by atoms with Crippen molar-refractivity contribution < 1.29 is 32.2 Å². The Balaban J connectivity index is 1.70. The lowest BCUT2D eigenvalue weighted by molar-refractivity contribution is -0.138. The number of hydrogen-bond acceptors (Lipinski definition) is 4. The first-order valence-corrected chi connectivity index (χ1v) is 9.23. The Morgan fingerprint density at radius 2 is 1.40 bits per heavy atom. The van der Waals surface area contributed by atoms with E-state index in [1.54, 1.807) is 23.1 Å². The summed E-state index contributed by atoms with van der Waals surface area (Å²) in [6, 6.07) is 9.52. The predicted molar refractivity (Wildman–Crippen MR) is 103 cm³/mol. The fraction of sp³-hybridized carbons (Fsp3) is 0.333. The van der Waals surface area contributed by atoms with Gasteiger partial charge in [-0.1, -0.05) is 12.1 Å². The van der Waals surface area contributed by atoms with Crippen LogP contribution in [-0.2, 0) is 6.18 Å². The van der Waals surface area contributed by atoms with Gasteiger partial charge in [-0.05, 0) is 30.3 Å². The number of methoxy groups -OCH3 is 2. The van der Waals surface area contributed by atoms with Crippen molar-refractivity contribution in [2.75, 3.05) is 40.4 Å². The maximum atomic E-state index is 13.2. The fourth-order valence-electron chi connectivity index (χ4n) is 3.35. The lowest BCUT2D eigenvalue weighted by Gasteiger charge is -2.35. The number of amides is 2. The first-order valence-electron chi connectivity index (χ1n) is 9.23. The molecule has 0 radical (unpaired) electrons. The number of alkyl halides is 3. The molecule has 0 saturated carbocycles. The van der Waals surface area contributed by atoms with Crippen molar-refractivity contribution in [3.8, 4) is 11.5 Å². The van der Waals surface area contributed by atoms with E-state index in [-0.39, 0.29) is 37.6 Å². The molecular formula is C21H21F3N2O4. The molecule has 1 aliphatic rings. The minimum absolute atomic E-state index is 0.143. The summed E-state index contributed by atoms with van der Waals surface area (Å²) in [5.74, 6) is -0.0337. The minimum Gasteiger partial charge on any atom is -0.493 e. The van der Waals surface area contributed by atoms with Crippen LogP contribution in [0.2, 0.25) is 0 Å². The normalized spacial score (nSPS) is 14.4. The number of ether oxygens (including phenoxy) is 2. The minimum atomic E-state index is -4.61. The van der Waals surface area contributed by atoms with Gasteiger partial charge in [-0.25, -0.2) is 0 Å². The highest BCUT2D eigenvalue weighted by atomic mass is 19.4. The number of carbonyl (C=O) groups is 2. The molecule has 2 amide bonds. The third-order valence-electron chi connectivity index (χ3n) is 4.95. The summed E-state index contributed by atoms with van der Waals surface area (Å²) in [7, 11) is 2.96. The van der Waals surface area contributed by atoms with Gasteiger partial charge in [-0.3, -0.25) is 9.59 Å². The summed E-state index contributed by atoms with van der Waals surface area (Å²) in [5.41, 5.74) is -0.946. The van der Waals surface area contributed by atoms with E-state index < -0.39 is 17.6 Å². The van der Waals surface area contributed by atoms with Gasteiger partial charge in [0, 0.05) is 31.7 Å². The van der Waals surface area contributed by atoms with Crippen LogP contribution in [0.5, 0.6) is 11.5 Å². The van der Waals surface area contributed by atoms with E-state index in [0.29, 0.717) is 17.1 Å². The van der Waals surface area contributed by atoms with Crippen LogP contribution in [0, 0.1) is 0 Å². The van der Waals surface area contributed by atoms with Crippen LogP contribution in [0.15, 0.2) is 42.5 Å². The monoisotopic (exact) mass is 422 g/mol. The van der Waals surface area contributed by atoms with Crippen molar-refractivity contribution in [3.63, 3.8) is 0 Å². The molecule has 0 N–H and O–H groups in total. The van der Waals surface area contributed by atoms with Crippen molar-refractivity contribution in [2.45, 2.75) is 6.18 Å². The second kappa shape index (κ2) is 8.64. The zero-order chi connectivity index (χ0) is 21.9. The zero-order valence-corrected chi connectivity index (χ0v) is 16.5. The Bertz CT molecular complexity index is 938. The van der Waals surface area contributed by atoms with Crippen LogP contribution in [0.1, 0.15) is 26.3 Å². The number of rotatable bonds is 4. The first-order chi connectivity index (χ1) is 14.3. The van der Waals surface area contributed by atoms with Gasteiger partial charge in [0.15, 0.2) is 11.5 Å². The Kier molecular flexibility index (Phi) is 6.19. The van der Waals surface area contributed by atoms with Crippen molar-refractivity contribution in [1.82, 2.24) is 9.80 Å². The van der Waals surface area contributed by atoms with E-state index >= 15 is 0 Å². The van der Waals surface area contributed by atoms with Gasteiger partial charge < -0.3 is 19.3 Å². The van der Waals surface area contributed by atoms with Crippen LogP contribution in [0.4, 0.5) is 13.2 Å². The third-order valence-corrected chi connectivity index (χ3v) is 4.95. The Labute approximate surface area is 171 Å². The molecule has 2 aromatic rings. The third kappa shape index (κ3) is 4.34. The second-order valence-corrected chi connectivity index (χ2v) is 6.70. The van der Waals surface area contributed by atoms with Gasteiger partial charge >= 0.3 is 6.18 Å². The van der Waals surface area contributed by atoms with E-state index in [1.807, 2.05) is 0 Å². The molecule has 9 heteroatoms. The molecule has 0 atom stereocenters. The van der Waals surface area contributed by atoms with E-state index in [1.165, 1.54) is 37.3 Å². The molecule has 1 saturated heterocycles. The van der Waals surface area contributed by atoms with Crippen molar-refractivity contribution >= 4 is 11.8 Å². The largest absolute Gasteiger partial charge is 0.493 e. The van der Waals surface area contributed by atoms with Crippen LogP contribution >= 0.6 is 0 Å². The highest BCUT2D eigenvalue weighted by Crippen LogP contribution is 2.32. The lowest BCUT2D eigenvalue weighted by atomic mass is 10.1. The molecule has 0 bridgehead atoms. The highest BCUT2D eigenvalue weighted by molar-refractivity contribution is 5.97. The van der Waals surface area contributed by atoms with Crippen LogP contribution < -0.4 is 9.47 Å². The van der Waals surface area contributed by atoms with Crippen molar-refractivity contribution in [1.29, 1.82) is 0 Å². The number of hydrogen-bond donors (Lipinski definition) is 0. The van der Waals surface area contributed by atoms with E-state index in [4.69, 9.17) is 9.47 Å². The van der Waals surface area contributed by atoms with Crippen LogP contribution in [0.3, 0.4) is 0 Å². The molecule has 1 fully saturated rings.